The Bertz CT molecular complexity index is 117. The maximum Gasteiger partial charge on any atom is 0.0357 e. The fourth-order valence-electron chi connectivity index (χ4n) is 0.984. The third-order valence-electron chi connectivity index (χ3n) is 1.60. The topological polar surface area (TPSA) is 29.1 Å². The molecule has 0 aromatic rings. The van der Waals surface area contributed by atoms with Crippen molar-refractivity contribution in [3.05, 3.63) is 0 Å². The molecule has 0 heterocycles. The molecule has 0 saturated carbocycles. The molecule has 0 aromatic carbocycles. The molecule has 0 rings (SSSR count). The Labute approximate surface area is 72.2 Å². The van der Waals surface area contributed by atoms with Crippen molar-refractivity contribution in [3.8, 4) is 0 Å². The monoisotopic (exact) mass is 177 g/mol. The van der Waals surface area contributed by atoms with Crippen molar-refractivity contribution < 1.29 is 4.21 Å². The van der Waals surface area contributed by atoms with Gasteiger partial charge in [-0.3, -0.25) is 4.21 Å². The molecule has 0 spiro atoms. The average molecular weight is 177 g/mol. The van der Waals surface area contributed by atoms with Crippen LogP contribution in [0.5, 0.6) is 0 Å². The van der Waals surface area contributed by atoms with Crippen molar-refractivity contribution in [1.29, 1.82) is 0 Å². The lowest BCUT2D eigenvalue weighted by atomic mass is 10.2. The van der Waals surface area contributed by atoms with Gasteiger partial charge in [0.1, 0.15) is 0 Å². The summed E-state index contributed by atoms with van der Waals surface area (Å²) >= 11 is 0. The fourth-order valence-corrected chi connectivity index (χ4v) is 1.39. The zero-order valence-corrected chi connectivity index (χ0v) is 8.54. The van der Waals surface area contributed by atoms with Gasteiger partial charge in [-0.2, -0.15) is 0 Å². The van der Waals surface area contributed by atoms with Crippen molar-refractivity contribution in [2.75, 3.05) is 18.6 Å². The van der Waals surface area contributed by atoms with E-state index < -0.39 is 10.8 Å². The molecule has 0 amide bonds. The smallest absolute Gasteiger partial charge is 0.0357 e. The van der Waals surface area contributed by atoms with Crippen LogP contribution in [0.4, 0.5) is 0 Å². The molecule has 2 nitrogen and oxygen atoms in total. The summed E-state index contributed by atoms with van der Waals surface area (Å²) in [6.45, 7) is 5.22. The van der Waals surface area contributed by atoms with Crippen LogP contribution < -0.4 is 5.32 Å². The molecule has 11 heavy (non-hydrogen) atoms. The molecule has 68 valence electrons. The predicted molar refractivity (Wildman–Crippen MR) is 51.3 cm³/mol. The van der Waals surface area contributed by atoms with Crippen LogP contribution in [0.3, 0.4) is 0 Å². The first-order valence-corrected chi connectivity index (χ1v) is 5.93. The predicted octanol–water partition coefficient (Wildman–Crippen LogP) is 1.14. The van der Waals surface area contributed by atoms with E-state index in [9.17, 15) is 4.21 Å². The first-order chi connectivity index (χ1) is 5.16. The van der Waals surface area contributed by atoms with Crippen LogP contribution in [-0.4, -0.2) is 28.8 Å². The molecule has 0 aliphatic heterocycles. The van der Waals surface area contributed by atoms with Gasteiger partial charge in [0.05, 0.1) is 0 Å². The van der Waals surface area contributed by atoms with E-state index in [0.29, 0.717) is 6.04 Å². The van der Waals surface area contributed by atoms with Crippen molar-refractivity contribution >= 4 is 10.8 Å². The molecule has 0 aliphatic carbocycles. The highest BCUT2D eigenvalue weighted by molar-refractivity contribution is 7.84. The lowest BCUT2D eigenvalue weighted by Crippen LogP contribution is -2.29. The van der Waals surface area contributed by atoms with E-state index in [0.717, 1.165) is 12.3 Å². The van der Waals surface area contributed by atoms with Gasteiger partial charge in [0.2, 0.25) is 0 Å². The summed E-state index contributed by atoms with van der Waals surface area (Å²) in [5.41, 5.74) is 0. The normalized spacial score (nSPS) is 16.3. The van der Waals surface area contributed by atoms with E-state index in [2.05, 4.69) is 19.2 Å². The summed E-state index contributed by atoms with van der Waals surface area (Å²) in [4.78, 5) is 0. The molecule has 2 unspecified atom stereocenters. The molecule has 2 atom stereocenters. The Morgan fingerprint density at radius 3 is 2.64 bits per heavy atom. The fraction of sp³-hybridized carbons (Fsp3) is 1.00. The number of nitrogens with one attached hydrogen (secondary N) is 1. The third kappa shape index (κ3) is 8.01. The lowest BCUT2D eigenvalue weighted by molar-refractivity contribution is 0.525. The van der Waals surface area contributed by atoms with E-state index in [1.807, 2.05) is 0 Å². The molecular formula is C8H19NOS. The van der Waals surface area contributed by atoms with E-state index in [1.54, 1.807) is 6.26 Å². The lowest BCUT2D eigenvalue weighted by Gasteiger charge is -2.11. The van der Waals surface area contributed by atoms with Crippen LogP contribution in [0.1, 0.15) is 26.7 Å². The maximum absolute atomic E-state index is 10.7. The second kappa shape index (κ2) is 6.80. The number of rotatable bonds is 6. The SMILES string of the molecule is CCCC(C)NCCS(C)=O. The third-order valence-corrected chi connectivity index (χ3v) is 2.38. The molecular weight excluding hydrogens is 158 g/mol. The largest absolute Gasteiger partial charge is 0.313 e. The summed E-state index contributed by atoms with van der Waals surface area (Å²) < 4.78 is 10.7. The van der Waals surface area contributed by atoms with Gasteiger partial charge >= 0.3 is 0 Å². The van der Waals surface area contributed by atoms with Gasteiger partial charge in [-0.15, -0.1) is 0 Å². The van der Waals surface area contributed by atoms with Gasteiger partial charge in [-0.1, -0.05) is 13.3 Å². The van der Waals surface area contributed by atoms with E-state index in [4.69, 9.17) is 0 Å². The molecule has 0 saturated heterocycles. The first kappa shape index (κ1) is 11.1. The van der Waals surface area contributed by atoms with Crippen LogP contribution in [-0.2, 0) is 10.8 Å². The summed E-state index contributed by atoms with van der Waals surface area (Å²) in [5.74, 6) is 0.772. The Morgan fingerprint density at radius 1 is 1.55 bits per heavy atom. The summed E-state index contributed by atoms with van der Waals surface area (Å²) in [5, 5.41) is 3.32. The van der Waals surface area contributed by atoms with E-state index >= 15 is 0 Å². The molecule has 0 radical (unpaired) electrons. The van der Waals surface area contributed by atoms with Gasteiger partial charge in [0, 0.05) is 35.4 Å². The Balaban J connectivity index is 3.16. The van der Waals surface area contributed by atoms with Crippen molar-refractivity contribution in [2.45, 2.75) is 32.7 Å². The summed E-state index contributed by atoms with van der Waals surface area (Å²) in [6.07, 6.45) is 4.16. The highest BCUT2D eigenvalue weighted by Gasteiger charge is 1.98. The minimum Gasteiger partial charge on any atom is -0.313 e. The van der Waals surface area contributed by atoms with Gasteiger partial charge in [0.25, 0.3) is 0 Å². The Hall–Kier alpha value is 0.110. The standard InChI is InChI=1S/C8H19NOS/c1-4-5-8(2)9-6-7-11(3)10/h8-9H,4-7H2,1-3H3. The van der Waals surface area contributed by atoms with Gasteiger partial charge in [-0.25, -0.2) is 0 Å². The van der Waals surface area contributed by atoms with Crippen molar-refractivity contribution in [1.82, 2.24) is 5.32 Å². The average Bonchev–Trinajstić information content (AvgIpc) is 1.87. The van der Waals surface area contributed by atoms with Crippen molar-refractivity contribution in [3.63, 3.8) is 0 Å². The number of hydrogen-bond acceptors (Lipinski definition) is 2. The zero-order chi connectivity index (χ0) is 8.69. The van der Waals surface area contributed by atoms with Crippen LogP contribution in [0.25, 0.3) is 0 Å². The number of hydrogen-bond donors (Lipinski definition) is 1. The van der Waals surface area contributed by atoms with Gasteiger partial charge in [0.15, 0.2) is 0 Å². The molecule has 1 N–H and O–H groups in total. The zero-order valence-electron chi connectivity index (χ0n) is 7.72. The molecule has 0 aromatic heterocycles. The summed E-state index contributed by atoms with van der Waals surface area (Å²) in [7, 11) is -0.648. The second-order valence-corrected chi connectivity index (χ2v) is 4.48. The molecule has 0 fully saturated rings. The highest BCUT2D eigenvalue weighted by Crippen LogP contribution is 1.93. The van der Waals surface area contributed by atoms with Crippen LogP contribution in [0.2, 0.25) is 0 Å². The van der Waals surface area contributed by atoms with Crippen LogP contribution in [0.15, 0.2) is 0 Å². The highest BCUT2D eigenvalue weighted by atomic mass is 32.2. The Morgan fingerprint density at radius 2 is 2.18 bits per heavy atom. The first-order valence-electron chi connectivity index (χ1n) is 4.20. The van der Waals surface area contributed by atoms with Gasteiger partial charge < -0.3 is 5.32 Å². The van der Waals surface area contributed by atoms with Crippen LogP contribution >= 0.6 is 0 Å². The minimum absolute atomic E-state index is 0.573. The quantitative estimate of drug-likeness (QED) is 0.659. The van der Waals surface area contributed by atoms with E-state index in [1.165, 1.54) is 12.8 Å². The molecule has 0 aliphatic rings. The summed E-state index contributed by atoms with van der Waals surface area (Å²) in [6, 6.07) is 0.573. The minimum atomic E-state index is -0.648. The van der Waals surface area contributed by atoms with Gasteiger partial charge in [-0.05, 0) is 13.3 Å². The molecule has 3 heteroatoms. The maximum atomic E-state index is 10.7. The molecule has 0 bridgehead atoms. The second-order valence-electron chi connectivity index (χ2n) is 2.92. The van der Waals surface area contributed by atoms with Crippen LogP contribution in [0, 0.1) is 0 Å². The Kier molecular flexibility index (Phi) is 6.87. The van der Waals surface area contributed by atoms with Crippen molar-refractivity contribution in [2.24, 2.45) is 0 Å². The van der Waals surface area contributed by atoms with E-state index in [-0.39, 0.29) is 0 Å².